The largest absolute Gasteiger partial charge is 0.384 e. The van der Waals surface area contributed by atoms with E-state index in [2.05, 4.69) is 36.8 Å². The number of pyridine rings is 1. The second-order valence-electron chi connectivity index (χ2n) is 3.80. The number of rotatable bonds is 2. The molecule has 1 N–H and O–H groups in total. The first kappa shape index (κ1) is 12.7. The number of aliphatic hydroxyl groups excluding tert-OH is 1. The van der Waals surface area contributed by atoms with Crippen LogP contribution in [0.4, 0.5) is 0 Å². The van der Waals surface area contributed by atoms with Gasteiger partial charge in [0, 0.05) is 32.5 Å². The Bertz CT molecular complexity index is 543. The van der Waals surface area contributed by atoms with Crippen LogP contribution in [0.2, 0.25) is 0 Å². The Balaban J connectivity index is 2.47. The van der Waals surface area contributed by atoms with Crippen LogP contribution >= 0.6 is 31.9 Å². The summed E-state index contributed by atoms with van der Waals surface area (Å²) >= 11 is 6.86. The first-order chi connectivity index (χ1) is 8.09. The summed E-state index contributed by atoms with van der Waals surface area (Å²) in [7, 11) is 0. The van der Waals surface area contributed by atoms with Gasteiger partial charge in [-0.1, -0.05) is 31.9 Å². The van der Waals surface area contributed by atoms with Gasteiger partial charge in [-0.15, -0.1) is 0 Å². The van der Waals surface area contributed by atoms with Crippen LogP contribution in [-0.4, -0.2) is 10.1 Å². The Hall–Kier alpha value is -0.710. The summed E-state index contributed by atoms with van der Waals surface area (Å²) in [5, 5.41) is 10.4. The molecule has 17 heavy (non-hydrogen) atoms. The number of benzene rings is 1. The third-order valence-corrected chi connectivity index (χ3v) is 3.84. The molecule has 1 atom stereocenters. The van der Waals surface area contributed by atoms with Crippen LogP contribution < -0.4 is 0 Å². The standard InChI is InChI=1S/C13H11Br2NO/c1-8-4-5-16-7-11(8)13(17)10-6-9(14)2-3-12(10)15/h2-7,13,17H,1H3. The zero-order chi connectivity index (χ0) is 12.4. The van der Waals surface area contributed by atoms with Gasteiger partial charge in [-0.2, -0.15) is 0 Å². The molecule has 0 aliphatic rings. The van der Waals surface area contributed by atoms with Crippen molar-refractivity contribution < 1.29 is 5.11 Å². The number of hydrogen-bond donors (Lipinski definition) is 1. The highest BCUT2D eigenvalue weighted by atomic mass is 79.9. The van der Waals surface area contributed by atoms with E-state index in [-0.39, 0.29) is 0 Å². The molecule has 0 saturated heterocycles. The second-order valence-corrected chi connectivity index (χ2v) is 5.57. The average Bonchev–Trinajstić information content (AvgIpc) is 2.32. The Labute approximate surface area is 117 Å². The molecule has 2 aromatic rings. The molecule has 0 aliphatic heterocycles. The molecule has 0 aliphatic carbocycles. The summed E-state index contributed by atoms with van der Waals surface area (Å²) in [5.41, 5.74) is 2.68. The molecule has 0 amide bonds. The maximum Gasteiger partial charge on any atom is 0.107 e. The molecular formula is C13H11Br2NO. The first-order valence-electron chi connectivity index (χ1n) is 5.13. The molecule has 1 aromatic heterocycles. The molecule has 2 rings (SSSR count). The quantitative estimate of drug-likeness (QED) is 0.882. The number of halogens is 2. The van der Waals surface area contributed by atoms with Crippen molar-refractivity contribution in [1.82, 2.24) is 4.98 Å². The van der Waals surface area contributed by atoms with Gasteiger partial charge in [-0.25, -0.2) is 0 Å². The Morgan fingerprint density at radius 2 is 1.94 bits per heavy atom. The van der Waals surface area contributed by atoms with Crippen molar-refractivity contribution in [3.63, 3.8) is 0 Å². The van der Waals surface area contributed by atoms with Crippen molar-refractivity contribution in [1.29, 1.82) is 0 Å². The second kappa shape index (κ2) is 5.29. The minimum Gasteiger partial charge on any atom is -0.384 e. The van der Waals surface area contributed by atoms with Gasteiger partial charge in [-0.3, -0.25) is 4.98 Å². The SMILES string of the molecule is Cc1ccncc1C(O)c1cc(Br)ccc1Br. The lowest BCUT2D eigenvalue weighted by Gasteiger charge is -2.15. The van der Waals surface area contributed by atoms with Crippen LogP contribution in [0, 0.1) is 6.92 Å². The third-order valence-electron chi connectivity index (χ3n) is 2.63. The normalized spacial score (nSPS) is 12.5. The summed E-state index contributed by atoms with van der Waals surface area (Å²) in [6, 6.07) is 7.64. The summed E-state index contributed by atoms with van der Waals surface area (Å²) < 4.78 is 1.83. The van der Waals surface area contributed by atoms with Crippen LogP contribution in [0.3, 0.4) is 0 Å². The summed E-state index contributed by atoms with van der Waals surface area (Å²) in [6.45, 7) is 1.96. The Morgan fingerprint density at radius 1 is 1.18 bits per heavy atom. The third kappa shape index (κ3) is 2.76. The van der Waals surface area contributed by atoms with E-state index in [1.165, 1.54) is 0 Å². The van der Waals surface area contributed by atoms with Crippen LogP contribution in [-0.2, 0) is 0 Å². The molecule has 0 radical (unpaired) electrons. The fourth-order valence-electron chi connectivity index (χ4n) is 1.65. The maximum atomic E-state index is 10.4. The van der Waals surface area contributed by atoms with E-state index in [0.717, 1.165) is 25.6 Å². The summed E-state index contributed by atoms with van der Waals surface area (Å²) in [4.78, 5) is 4.06. The van der Waals surface area contributed by atoms with Gasteiger partial charge in [0.25, 0.3) is 0 Å². The molecule has 0 saturated carbocycles. The number of nitrogens with zero attached hydrogens (tertiary/aromatic N) is 1. The van der Waals surface area contributed by atoms with Crippen molar-refractivity contribution in [2.75, 3.05) is 0 Å². The van der Waals surface area contributed by atoms with Gasteiger partial charge in [0.15, 0.2) is 0 Å². The minimum absolute atomic E-state index is 0.671. The van der Waals surface area contributed by atoms with Gasteiger partial charge >= 0.3 is 0 Å². The lowest BCUT2D eigenvalue weighted by Crippen LogP contribution is -2.03. The Morgan fingerprint density at radius 3 is 2.65 bits per heavy atom. The van der Waals surface area contributed by atoms with E-state index < -0.39 is 6.10 Å². The van der Waals surface area contributed by atoms with Crippen molar-refractivity contribution in [2.45, 2.75) is 13.0 Å². The highest BCUT2D eigenvalue weighted by molar-refractivity contribution is 9.11. The first-order valence-corrected chi connectivity index (χ1v) is 6.71. The molecular weight excluding hydrogens is 346 g/mol. The van der Waals surface area contributed by atoms with Crippen molar-refractivity contribution in [2.24, 2.45) is 0 Å². The van der Waals surface area contributed by atoms with Gasteiger partial charge in [0.1, 0.15) is 6.10 Å². The topological polar surface area (TPSA) is 33.1 Å². The predicted molar refractivity (Wildman–Crippen MR) is 74.9 cm³/mol. The van der Waals surface area contributed by atoms with Crippen molar-refractivity contribution in [3.05, 3.63) is 62.3 Å². The highest BCUT2D eigenvalue weighted by Crippen LogP contribution is 2.31. The highest BCUT2D eigenvalue weighted by Gasteiger charge is 2.16. The maximum absolute atomic E-state index is 10.4. The summed E-state index contributed by atoms with van der Waals surface area (Å²) in [5.74, 6) is 0. The van der Waals surface area contributed by atoms with E-state index >= 15 is 0 Å². The number of aryl methyl sites for hydroxylation is 1. The van der Waals surface area contributed by atoms with E-state index in [4.69, 9.17) is 0 Å². The van der Waals surface area contributed by atoms with Crippen LogP contribution in [0.1, 0.15) is 22.8 Å². The van der Waals surface area contributed by atoms with Crippen molar-refractivity contribution >= 4 is 31.9 Å². The Kier molecular flexibility index (Phi) is 3.97. The lowest BCUT2D eigenvalue weighted by molar-refractivity contribution is 0.218. The minimum atomic E-state index is -0.671. The van der Waals surface area contributed by atoms with E-state index in [1.807, 2.05) is 31.2 Å². The molecule has 1 heterocycles. The molecule has 0 fully saturated rings. The predicted octanol–water partition coefficient (Wildman–Crippen LogP) is 4.00. The van der Waals surface area contributed by atoms with Gasteiger partial charge in [-0.05, 0) is 36.8 Å². The fourth-order valence-corrected chi connectivity index (χ4v) is 2.50. The number of aromatic nitrogens is 1. The molecule has 88 valence electrons. The monoisotopic (exact) mass is 355 g/mol. The van der Waals surface area contributed by atoms with Crippen LogP contribution in [0.15, 0.2) is 45.6 Å². The summed E-state index contributed by atoms with van der Waals surface area (Å²) in [6.07, 6.45) is 2.75. The molecule has 2 nitrogen and oxygen atoms in total. The fraction of sp³-hybridized carbons (Fsp3) is 0.154. The number of hydrogen-bond acceptors (Lipinski definition) is 2. The van der Waals surface area contributed by atoms with E-state index in [0.29, 0.717) is 0 Å². The molecule has 0 bridgehead atoms. The van der Waals surface area contributed by atoms with E-state index in [9.17, 15) is 5.11 Å². The number of aliphatic hydroxyl groups is 1. The zero-order valence-corrected chi connectivity index (χ0v) is 12.4. The zero-order valence-electron chi connectivity index (χ0n) is 9.19. The van der Waals surface area contributed by atoms with Gasteiger partial charge in [0.2, 0.25) is 0 Å². The molecule has 0 spiro atoms. The molecule has 1 aromatic carbocycles. The van der Waals surface area contributed by atoms with Gasteiger partial charge < -0.3 is 5.11 Å². The molecule has 1 unspecified atom stereocenters. The van der Waals surface area contributed by atoms with E-state index in [1.54, 1.807) is 12.4 Å². The van der Waals surface area contributed by atoms with Gasteiger partial charge in [0.05, 0.1) is 0 Å². The smallest absolute Gasteiger partial charge is 0.107 e. The van der Waals surface area contributed by atoms with Crippen molar-refractivity contribution in [3.8, 4) is 0 Å². The average molecular weight is 357 g/mol. The molecule has 4 heteroatoms. The lowest BCUT2D eigenvalue weighted by atomic mass is 10.00. The van der Waals surface area contributed by atoms with Crippen LogP contribution in [0.25, 0.3) is 0 Å². The van der Waals surface area contributed by atoms with Crippen LogP contribution in [0.5, 0.6) is 0 Å².